The van der Waals surface area contributed by atoms with Gasteiger partial charge in [0.2, 0.25) is 12.3 Å². The van der Waals surface area contributed by atoms with Gasteiger partial charge in [0, 0.05) is 36.8 Å². The third-order valence-corrected chi connectivity index (χ3v) is 6.23. The van der Waals surface area contributed by atoms with Crippen molar-refractivity contribution in [3.05, 3.63) is 42.0 Å². The molecule has 0 bridgehead atoms. The topological polar surface area (TPSA) is 102 Å². The molecule has 8 nitrogen and oxygen atoms in total. The van der Waals surface area contributed by atoms with Gasteiger partial charge < -0.3 is 20.3 Å². The Morgan fingerprint density at radius 2 is 1.71 bits per heavy atom. The summed E-state index contributed by atoms with van der Waals surface area (Å²) in [6, 6.07) is 11.3. The lowest BCUT2D eigenvalue weighted by molar-refractivity contribution is -0.106. The van der Waals surface area contributed by atoms with Gasteiger partial charge in [-0.2, -0.15) is 0 Å². The molecule has 2 aliphatic heterocycles. The molecule has 0 unspecified atom stereocenters. The summed E-state index contributed by atoms with van der Waals surface area (Å²) in [5, 5.41) is 8.51. The molecule has 2 aliphatic rings. The van der Waals surface area contributed by atoms with Crippen molar-refractivity contribution in [2.24, 2.45) is 11.7 Å². The minimum Gasteiger partial charge on any atom is -0.476 e. The molecule has 190 valence electrons. The predicted octanol–water partition coefficient (Wildman–Crippen LogP) is 3.32. The number of carbonyl (C=O) groups excluding carboxylic acids is 2. The third kappa shape index (κ3) is 8.28. The average molecular weight is 486 g/mol. The Hall–Kier alpha value is -3.07. The van der Waals surface area contributed by atoms with Gasteiger partial charge in [0.15, 0.2) is 0 Å². The van der Waals surface area contributed by atoms with Crippen LogP contribution in [0.4, 0.5) is 4.39 Å². The maximum absolute atomic E-state index is 13.8. The van der Waals surface area contributed by atoms with Crippen molar-refractivity contribution in [3.8, 4) is 17.1 Å². The molecule has 3 heterocycles. The monoisotopic (exact) mass is 485 g/mol. The Labute approximate surface area is 206 Å². The lowest BCUT2D eigenvalue weighted by atomic mass is 9.97. The highest BCUT2D eigenvalue weighted by molar-refractivity contribution is 5.94. The first-order chi connectivity index (χ1) is 16.8. The molecule has 1 aromatic heterocycles. The number of aromatic nitrogens is 2. The summed E-state index contributed by atoms with van der Waals surface area (Å²) in [5.74, 6) is 1.07. The van der Waals surface area contributed by atoms with Crippen LogP contribution in [0.15, 0.2) is 36.4 Å². The van der Waals surface area contributed by atoms with E-state index in [2.05, 4.69) is 20.8 Å². The number of benzene rings is 1. The van der Waals surface area contributed by atoms with E-state index in [4.69, 9.17) is 9.53 Å². The highest BCUT2D eigenvalue weighted by atomic mass is 19.1. The molecule has 0 radical (unpaired) electrons. The highest BCUT2D eigenvalue weighted by Gasteiger charge is 2.25. The molecular weight excluding hydrogens is 449 g/mol. The zero-order chi connectivity index (χ0) is 25.3. The van der Waals surface area contributed by atoms with E-state index in [9.17, 15) is 9.18 Å². The van der Waals surface area contributed by atoms with Gasteiger partial charge in [-0.15, -0.1) is 10.2 Å². The number of nitrogens with two attached hydrogens (primary N) is 1. The molecule has 0 atom stereocenters. The summed E-state index contributed by atoms with van der Waals surface area (Å²) < 4.78 is 19.7. The lowest BCUT2D eigenvalue weighted by Crippen LogP contribution is -2.41. The molecule has 2 N–H and O–H groups in total. The van der Waals surface area contributed by atoms with Crippen molar-refractivity contribution in [2.45, 2.75) is 45.2 Å². The van der Waals surface area contributed by atoms with Crippen molar-refractivity contribution in [2.75, 3.05) is 39.3 Å². The Balaban J connectivity index is 0.00000108. The molecule has 35 heavy (non-hydrogen) atoms. The van der Waals surface area contributed by atoms with E-state index < -0.39 is 5.67 Å². The van der Waals surface area contributed by atoms with Crippen LogP contribution in [0.3, 0.4) is 0 Å². The van der Waals surface area contributed by atoms with Crippen LogP contribution < -0.4 is 10.5 Å². The number of amides is 2. The maximum Gasteiger partial charge on any atom is 0.253 e. The average Bonchev–Trinajstić information content (AvgIpc) is 3.38. The standard InChI is InChI=1S/C25H33FN4O2.CH3NO/c1-25(2,26)18-29-15-11-19(12-16-29)17-32-23-10-9-22(27-28-23)20-5-7-21(8-6-20)24(31)30-13-3-4-14-30;2-1-3/h5-10,19H,3-4,11-18H2,1-2H3;1H,(H2,2,3). The Morgan fingerprint density at radius 3 is 2.26 bits per heavy atom. The van der Waals surface area contributed by atoms with E-state index in [0.29, 0.717) is 30.5 Å². The van der Waals surface area contributed by atoms with Gasteiger partial charge in [0.25, 0.3) is 5.91 Å². The predicted molar refractivity (Wildman–Crippen MR) is 133 cm³/mol. The molecule has 4 rings (SSSR count). The number of primary amides is 1. The van der Waals surface area contributed by atoms with Crippen molar-refractivity contribution in [3.63, 3.8) is 0 Å². The van der Waals surface area contributed by atoms with Crippen LogP contribution in [-0.4, -0.2) is 77.3 Å². The largest absolute Gasteiger partial charge is 0.476 e. The lowest BCUT2D eigenvalue weighted by Gasteiger charge is -2.34. The van der Waals surface area contributed by atoms with Crippen LogP contribution in [0.2, 0.25) is 0 Å². The minimum absolute atomic E-state index is 0.100. The van der Waals surface area contributed by atoms with E-state index in [1.165, 1.54) is 0 Å². The Bertz CT molecular complexity index is 933. The maximum atomic E-state index is 13.8. The first kappa shape index (κ1) is 26.5. The molecular formula is C26H36FN5O3. The van der Waals surface area contributed by atoms with Crippen LogP contribution in [0.1, 0.15) is 49.9 Å². The summed E-state index contributed by atoms with van der Waals surface area (Å²) in [7, 11) is 0. The zero-order valence-electron chi connectivity index (χ0n) is 20.7. The second kappa shape index (κ2) is 12.6. The molecule has 0 spiro atoms. The van der Waals surface area contributed by atoms with Crippen molar-refractivity contribution < 1.29 is 18.7 Å². The van der Waals surface area contributed by atoms with Gasteiger partial charge in [0.05, 0.1) is 12.3 Å². The quantitative estimate of drug-likeness (QED) is 0.604. The number of hydrogen-bond acceptors (Lipinski definition) is 6. The summed E-state index contributed by atoms with van der Waals surface area (Å²) in [6.07, 6.45) is 4.43. The SMILES string of the molecule is CC(C)(F)CN1CCC(COc2ccc(-c3ccc(C(=O)N4CCCC4)cc3)nn2)CC1.NC=O. The summed E-state index contributed by atoms with van der Waals surface area (Å²) >= 11 is 0. The number of nitrogens with zero attached hydrogens (tertiary/aromatic N) is 4. The first-order valence-electron chi connectivity index (χ1n) is 12.2. The number of likely N-dealkylation sites (tertiary alicyclic amines) is 2. The van der Waals surface area contributed by atoms with Gasteiger partial charge in [-0.3, -0.25) is 9.59 Å². The van der Waals surface area contributed by atoms with Gasteiger partial charge in [0.1, 0.15) is 5.67 Å². The Morgan fingerprint density at radius 1 is 1.09 bits per heavy atom. The molecule has 1 aromatic carbocycles. The molecule has 2 fully saturated rings. The van der Waals surface area contributed by atoms with E-state index >= 15 is 0 Å². The Kier molecular flexibility index (Phi) is 9.54. The number of ether oxygens (including phenoxy) is 1. The van der Waals surface area contributed by atoms with E-state index in [-0.39, 0.29) is 12.3 Å². The van der Waals surface area contributed by atoms with Crippen LogP contribution >= 0.6 is 0 Å². The summed E-state index contributed by atoms with van der Waals surface area (Å²) in [5.41, 5.74) is 5.40. The summed E-state index contributed by atoms with van der Waals surface area (Å²) in [6.45, 7) is 7.87. The van der Waals surface area contributed by atoms with E-state index in [0.717, 1.165) is 63.1 Å². The van der Waals surface area contributed by atoms with Gasteiger partial charge in [-0.1, -0.05) is 12.1 Å². The second-order valence-corrected chi connectivity index (χ2v) is 9.72. The minimum atomic E-state index is -1.15. The molecule has 2 amide bonds. The smallest absolute Gasteiger partial charge is 0.253 e. The van der Waals surface area contributed by atoms with Gasteiger partial charge in [-0.05, 0) is 76.7 Å². The normalized spacial score (nSPS) is 16.9. The molecule has 9 heteroatoms. The number of rotatable bonds is 7. The number of hydrogen-bond donors (Lipinski definition) is 1. The third-order valence-electron chi connectivity index (χ3n) is 6.23. The highest BCUT2D eigenvalue weighted by Crippen LogP contribution is 2.23. The van der Waals surface area contributed by atoms with Crippen molar-refractivity contribution in [1.29, 1.82) is 0 Å². The molecule has 2 aromatic rings. The fraction of sp³-hybridized carbons (Fsp3) is 0.538. The van der Waals surface area contributed by atoms with Gasteiger partial charge >= 0.3 is 0 Å². The number of alkyl halides is 1. The first-order valence-corrected chi connectivity index (χ1v) is 12.2. The molecule has 0 saturated carbocycles. The van der Waals surface area contributed by atoms with Gasteiger partial charge in [-0.25, -0.2) is 4.39 Å². The van der Waals surface area contributed by atoms with Crippen LogP contribution in [0, 0.1) is 5.92 Å². The van der Waals surface area contributed by atoms with Crippen molar-refractivity contribution >= 4 is 12.3 Å². The molecule has 2 saturated heterocycles. The summed E-state index contributed by atoms with van der Waals surface area (Å²) in [4.78, 5) is 25.2. The van der Waals surface area contributed by atoms with Crippen LogP contribution in [0.5, 0.6) is 5.88 Å². The number of halogens is 1. The van der Waals surface area contributed by atoms with Crippen molar-refractivity contribution in [1.82, 2.24) is 20.0 Å². The fourth-order valence-corrected chi connectivity index (χ4v) is 4.48. The number of carbonyl (C=O) groups is 2. The zero-order valence-corrected chi connectivity index (χ0v) is 20.7. The van der Waals surface area contributed by atoms with Crippen LogP contribution in [-0.2, 0) is 4.79 Å². The second-order valence-electron chi connectivity index (χ2n) is 9.72. The van der Waals surface area contributed by atoms with E-state index in [1.807, 2.05) is 41.3 Å². The number of piperidine rings is 1. The molecule has 0 aliphatic carbocycles. The van der Waals surface area contributed by atoms with Crippen LogP contribution in [0.25, 0.3) is 11.3 Å². The van der Waals surface area contributed by atoms with E-state index in [1.54, 1.807) is 13.8 Å². The fourth-order valence-electron chi connectivity index (χ4n) is 4.48.